The summed E-state index contributed by atoms with van der Waals surface area (Å²) < 4.78 is 0. The molecule has 2 amide bonds. The third-order valence-electron chi connectivity index (χ3n) is 4.06. The van der Waals surface area contributed by atoms with E-state index in [0.29, 0.717) is 5.56 Å². The second-order valence-corrected chi connectivity index (χ2v) is 5.68. The van der Waals surface area contributed by atoms with Gasteiger partial charge < -0.3 is 11.1 Å². The molecule has 2 rings (SSSR count). The fourth-order valence-corrected chi connectivity index (χ4v) is 2.40. The van der Waals surface area contributed by atoms with Crippen molar-refractivity contribution in [1.82, 2.24) is 5.32 Å². The Hall–Kier alpha value is -2.62. The molecule has 0 aliphatic heterocycles. The van der Waals surface area contributed by atoms with E-state index in [1.807, 2.05) is 56.3 Å². The highest BCUT2D eigenvalue weighted by Crippen LogP contribution is 2.19. The van der Waals surface area contributed by atoms with E-state index in [2.05, 4.69) is 5.32 Å². The molecule has 0 aromatic heterocycles. The van der Waals surface area contributed by atoms with Gasteiger partial charge in [-0.15, -0.1) is 0 Å². The molecule has 0 heterocycles. The zero-order chi connectivity index (χ0) is 16.8. The molecule has 2 atom stereocenters. The molecule has 0 radical (unpaired) electrons. The van der Waals surface area contributed by atoms with Crippen LogP contribution in [0.15, 0.2) is 54.6 Å². The van der Waals surface area contributed by atoms with Crippen molar-refractivity contribution in [2.75, 3.05) is 0 Å². The Kier molecular flexibility index (Phi) is 5.52. The molecule has 0 spiro atoms. The highest BCUT2D eigenvalue weighted by molar-refractivity contribution is 5.97. The van der Waals surface area contributed by atoms with E-state index in [1.54, 1.807) is 12.1 Å². The summed E-state index contributed by atoms with van der Waals surface area (Å²) in [5, 5.41) is 2.73. The molecule has 0 bridgehead atoms. The minimum Gasteiger partial charge on any atom is -0.368 e. The van der Waals surface area contributed by atoms with Crippen LogP contribution in [0.4, 0.5) is 0 Å². The Balaban J connectivity index is 2.12. The average molecular weight is 310 g/mol. The van der Waals surface area contributed by atoms with Gasteiger partial charge in [0.15, 0.2) is 0 Å². The summed E-state index contributed by atoms with van der Waals surface area (Å²) in [5.41, 5.74) is 8.03. The van der Waals surface area contributed by atoms with E-state index in [-0.39, 0.29) is 11.8 Å². The van der Waals surface area contributed by atoms with Gasteiger partial charge in [0.1, 0.15) is 6.04 Å². The van der Waals surface area contributed by atoms with Crippen molar-refractivity contribution in [3.05, 3.63) is 60.2 Å². The van der Waals surface area contributed by atoms with Crippen molar-refractivity contribution in [2.24, 2.45) is 11.7 Å². The molecular weight excluding hydrogens is 288 g/mol. The van der Waals surface area contributed by atoms with Crippen molar-refractivity contribution in [3.8, 4) is 11.1 Å². The van der Waals surface area contributed by atoms with Crippen LogP contribution >= 0.6 is 0 Å². The van der Waals surface area contributed by atoms with Gasteiger partial charge in [0.05, 0.1) is 0 Å². The summed E-state index contributed by atoms with van der Waals surface area (Å²) in [5.74, 6) is -0.789. The maximum absolute atomic E-state index is 12.3. The third-order valence-corrected chi connectivity index (χ3v) is 4.06. The first-order chi connectivity index (χ1) is 11.0. The molecule has 0 aliphatic rings. The second-order valence-electron chi connectivity index (χ2n) is 5.68. The van der Waals surface area contributed by atoms with Crippen LogP contribution in [0, 0.1) is 5.92 Å². The summed E-state index contributed by atoms with van der Waals surface area (Å²) in [6, 6.07) is 16.6. The Morgan fingerprint density at radius 2 is 1.57 bits per heavy atom. The van der Waals surface area contributed by atoms with E-state index >= 15 is 0 Å². The van der Waals surface area contributed by atoms with Crippen LogP contribution in [0.1, 0.15) is 30.6 Å². The highest BCUT2D eigenvalue weighted by Gasteiger charge is 2.23. The van der Waals surface area contributed by atoms with Crippen LogP contribution in [0.3, 0.4) is 0 Å². The topological polar surface area (TPSA) is 72.2 Å². The number of primary amides is 1. The van der Waals surface area contributed by atoms with Crippen molar-refractivity contribution in [1.29, 1.82) is 0 Å². The first kappa shape index (κ1) is 16.7. The minimum absolute atomic E-state index is 0.0000389. The van der Waals surface area contributed by atoms with Crippen molar-refractivity contribution >= 4 is 11.8 Å². The number of hydrogen-bond donors (Lipinski definition) is 2. The van der Waals surface area contributed by atoms with Crippen LogP contribution in [-0.2, 0) is 4.79 Å². The Labute approximate surface area is 136 Å². The van der Waals surface area contributed by atoms with Gasteiger partial charge in [-0.3, -0.25) is 9.59 Å². The number of rotatable bonds is 6. The number of amides is 2. The summed E-state index contributed by atoms with van der Waals surface area (Å²) in [7, 11) is 0. The SMILES string of the molecule is CC[C@@H](C)[C@@H](NC(=O)c1ccc(-c2ccccc2)cc1)C(N)=O. The molecule has 0 fully saturated rings. The highest BCUT2D eigenvalue weighted by atomic mass is 16.2. The van der Waals surface area contributed by atoms with Gasteiger partial charge in [0.25, 0.3) is 5.91 Å². The van der Waals surface area contributed by atoms with Gasteiger partial charge in [-0.05, 0) is 29.2 Å². The number of nitrogens with one attached hydrogen (secondary N) is 1. The summed E-state index contributed by atoms with van der Waals surface area (Å²) in [4.78, 5) is 23.8. The molecular formula is C19H22N2O2. The summed E-state index contributed by atoms with van der Waals surface area (Å²) in [6.07, 6.45) is 0.765. The fourth-order valence-electron chi connectivity index (χ4n) is 2.40. The lowest BCUT2D eigenvalue weighted by atomic mass is 9.98. The van der Waals surface area contributed by atoms with Gasteiger partial charge in [0.2, 0.25) is 5.91 Å². The zero-order valence-electron chi connectivity index (χ0n) is 13.5. The predicted molar refractivity (Wildman–Crippen MR) is 91.8 cm³/mol. The number of carbonyl (C=O) groups excluding carboxylic acids is 2. The molecule has 0 saturated carbocycles. The molecule has 23 heavy (non-hydrogen) atoms. The van der Waals surface area contributed by atoms with Crippen LogP contribution in [-0.4, -0.2) is 17.9 Å². The van der Waals surface area contributed by atoms with E-state index < -0.39 is 11.9 Å². The van der Waals surface area contributed by atoms with E-state index in [0.717, 1.165) is 17.5 Å². The molecule has 3 N–H and O–H groups in total. The van der Waals surface area contributed by atoms with Crippen molar-refractivity contribution in [2.45, 2.75) is 26.3 Å². The quantitative estimate of drug-likeness (QED) is 0.861. The van der Waals surface area contributed by atoms with Gasteiger partial charge in [-0.25, -0.2) is 0 Å². The Bertz CT molecular complexity index is 666. The smallest absolute Gasteiger partial charge is 0.251 e. The first-order valence-corrected chi connectivity index (χ1v) is 7.78. The van der Waals surface area contributed by atoms with Crippen LogP contribution in [0.25, 0.3) is 11.1 Å². The van der Waals surface area contributed by atoms with E-state index in [9.17, 15) is 9.59 Å². The number of benzene rings is 2. The van der Waals surface area contributed by atoms with Crippen molar-refractivity contribution < 1.29 is 9.59 Å². The Morgan fingerprint density at radius 3 is 2.09 bits per heavy atom. The van der Waals surface area contributed by atoms with Gasteiger partial charge >= 0.3 is 0 Å². The minimum atomic E-state index is -0.652. The molecule has 0 aliphatic carbocycles. The lowest BCUT2D eigenvalue weighted by Crippen LogP contribution is -2.48. The molecule has 2 aromatic carbocycles. The summed E-state index contributed by atoms with van der Waals surface area (Å²) in [6.45, 7) is 3.86. The number of nitrogens with two attached hydrogens (primary N) is 1. The standard InChI is InChI=1S/C19H22N2O2/c1-3-13(2)17(18(20)22)21-19(23)16-11-9-15(10-12-16)14-7-5-4-6-8-14/h4-13,17H,3H2,1-2H3,(H2,20,22)(H,21,23)/t13-,17-/m1/s1. The lowest BCUT2D eigenvalue weighted by Gasteiger charge is -2.21. The fraction of sp³-hybridized carbons (Fsp3) is 0.263. The molecule has 120 valence electrons. The van der Waals surface area contributed by atoms with Crippen LogP contribution in [0.5, 0.6) is 0 Å². The average Bonchev–Trinajstić information content (AvgIpc) is 2.59. The van der Waals surface area contributed by atoms with Gasteiger partial charge in [-0.2, -0.15) is 0 Å². The normalized spacial score (nSPS) is 13.1. The summed E-state index contributed by atoms with van der Waals surface area (Å²) >= 11 is 0. The van der Waals surface area contributed by atoms with Gasteiger partial charge in [0, 0.05) is 5.56 Å². The maximum Gasteiger partial charge on any atom is 0.251 e. The molecule has 4 heteroatoms. The molecule has 4 nitrogen and oxygen atoms in total. The first-order valence-electron chi connectivity index (χ1n) is 7.78. The van der Waals surface area contributed by atoms with Crippen molar-refractivity contribution in [3.63, 3.8) is 0 Å². The van der Waals surface area contributed by atoms with Crippen LogP contribution in [0.2, 0.25) is 0 Å². The second kappa shape index (κ2) is 7.58. The van der Waals surface area contributed by atoms with E-state index in [4.69, 9.17) is 5.73 Å². The van der Waals surface area contributed by atoms with Gasteiger partial charge in [-0.1, -0.05) is 62.7 Å². The van der Waals surface area contributed by atoms with E-state index in [1.165, 1.54) is 0 Å². The lowest BCUT2D eigenvalue weighted by molar-refractivity contribution is -0.120. The number of hydrogen-bond acceptors (Lipinski definition) is 2. The molecule has 0 saturated heterocycles. The number of carbonyl (C=O) groups is 2. The maximum atomic E-state index is 12.3. The Morgan fingerprint density at radius 1 is 1.00 bits per heavy atom. The third kappa shape index (κ3) is 4.19. The zero-order valence-corrected chi connectivity index (χ0v) is 13.5. The van der Waals surface area contributed by atoms with Crippen LogP contribution < -0.4 is 11.1 Å². The molecule has 2 aromatic rings. The largest absolute Gasteiger partial charge is 0.368 e. The predicted octanol–water partition coefficient (Wildman–Crippen LogP) is 2.98. The molecule has 0 unspecified atom stereocenters. The monoisotopic (exact) mass is 310 g/mol.